The van der Waals surface area contributed by atoms with Gasteiger partial charge in [-0.2, -0.15) is 0 Å². The molecule has 1 aromatic rings. The van der Waals surface area contributed by atoms with Gasteiger partial charge in [-0.1, -0.05) is 36.8 Å². The van der Waals surface area contributed by atoms with Gasteiger partial charge in [0.25, 0.3) is 0 Å². The van der Waals surface area contributed by atoms with Crippen molar-refractivity contribution in [1.82, 2.24) is 4.90 Å². The van der Waals surface area contributed by atoms with Gasteiger partial charge in [-0.05, 0) is 39.7 Å². The summed E-state index contributed by atoms with van der Waals surface area (Å²) >= 11 is 0. The quantitative estimate of drug-likeness (QED) is 0.757. The molecule has 0 aliphatic rings. The predicted octanol–water partition coefficient (Wildman–Crippen LogP) is 3.38. The third-order valence-electron chi connectivity index (χ3n) is 3.75. The van der Waals surface area contributed by atoms with Crippen LogP contribution in [0, 0.1) is 6.92 Å². The van der Waals surface area contributed by atoms with Crippen LogP contribution in [-0.2, 0) is 11.3 Å². The largest absolute Gasteiger partial charge is 0.389 e. The topological polar surface area (TPSA) is 32.7 Å². The third kappa shape index (κ3) is 7.07. The molecule has 0 spiro atoms. The van der Waals surface area contributed by atoms with Gasteiger partial charge in [0.1, 0.15) is 0 Å². The zero-order valence-electron chi connectivity index (χ0n) is 14.2. The Labute approximate surface area is 129 Å². The zero-order chi connectivity index (χ0) is 15.8. The molecule has 120 valence electrons. The highest BCUT2D eigenvalue weighted by atomic mass is 16.5. The maximum atomic E-state index is 10.2. The first kappa shape index (κ1) is 18.1. The highest BCUT2D eigenvalue weighted by Crippen LogP contribution is 2.13. The molecule has 1 rings (SSSR count). The van der Waals surface area contributed by atoms with Crippen LogP contribution in [-0.4, -0.2) is 41.4 Å². The molecule has 0 bridgehead atoms. The number of hydrogen-bond donors (Lipinski definition) is 1. The normalized spacial score (nSPS) is 14.7. The van der Waals surface area contributed by atoms with E-state index < -0.39 is 6.10 Å². The average molecular weight is 293 g/mol. The van der Waals surface area contributed by atoms with E-state index in [1.54, 1.807) is 0 Å². The van der Waals surface area contributed by atoms with Gasteiger partial charge in [-0.3, -0.25) is 4.90 Å². The van der Waals surface area contributed by atoms with E-state index >= 15 is 0 Å². The molecule has 1 N–H and O–H groups in total. The summed E-state index contributed by atoms with van der Waals surface area (Å²) in [6.07, 6.45) is 0.795. The minimum atomic E-state index is -0.439. The lowest BCUT2D eigenvalue weighted by Gasteiger charge is -2.30. The fourth-order valence-electron chi connectivity index (χ4n) is 2.33. The number of aliphatic hydroxyl groups excluding tert-OH is 1. The molecular formula is C18H31NO2. The zero-order valence-corrected chi connectivity index (χ0v) is 14.2. The number of rotatable bonds is 9. The Morgan fingerprint density at radius 1 is 1.24 bits per heavy atom. The van der Waals surface area contributed by atoms with Crippen LogP contribution in [0.3, 0.4) is 0 Å². The van der Waals surface area contributed by atoms with Crippen LogP contribution >= 0.6 is 0 Å². The molecule has 1 aromatic carbocycles. The number of ether oxygens (including phenoxy) is 1. The van der Waals surface area contributed by atoms with Gasteiger partial charge in [0.15, 0.2) is 0 Å². The van der Waals surface area contributed by atoms with E-state index in [0.29, 0.717) is 19.2 Å². The van der Waals surface area contributed by atoms with Gasteiger partial charge < -0.3 is 9.84 Å². The number of aliphatic hydroxyl groups is 1. The molecule has 0 heterocycles. The minimum Gasteiger partial charge on any atom is -0.389 e. The summed E-state index contributed by atoms with van der Waals surface area (Å²) in [5.74, 6) is 0. The van der Waals surface area contributed by atoms with E-state index in [4.69, 9.17) is 4.74 Å². The molecular weight excluding hydrogens is 262 g/mol. The van der Waals surface area contributed by atoms with E-state index in [1.165, 1.54) is 11.1 Å². The fraction of sp³-hybridized carbons (Fsp3) is 0.667. The summed E-state index contributed by atoms with van der Waals surface area (Å²) in [6, 6.07) is 9.02. The van der Waals surface area contributed by atoms with Crippen LogP contribution in [0.1, 0.15) is 45.2 Å². The van der Waals surface area contributed by atoms with Crippen molar-refractivity contribution in [2.24, 2.45) is 0 Å². The standard InChI is InChI=1S/C18H31NO2/c1-6-16(5)19(12-18(20)13-21-14(2)3)11-17-9-7-8-15(4)10-17/h7-10,14,16,18,20H,6,11-13H2,1-5H3/t16-,18+/m1/s1. The average Bonchev–Trinajstić information content (AvgIpc) is 2.43. The Balaban J connectivity index is 2.63. The lowest BCUT2D eigenvalue weighted by molar-refractivity contribution is -0.0149. The third-order valence-corrected chi connectivity index (χ3v) is 3.75. The Morgan fingerprint density at radius 2 is 1.95 bits per heavy atom. The SMILES string of the molecule is CC[C@@H](C)N(Cc1cccc(C)c1)C[C@H](O)COC(C)C. The van der Waals surface area contributed by atoms with Gasteiger partial charge in [0.2, 0.25) is 0 Å². The summed E-state index contributed by atoms with van der Waals surface area (Å²) in [4.78, 5) is 2.34. The first-order valence-corrected chi connectivity index (χ1v) is 8.01. The molecule has 0 saturated carbocycles. The number of nitrogens with zero attached hydrogens (tertiary/aromatic N) is 1. The van der Waals surface area contributed by atoms with Crippen molar-refractivity contribution in [2.45, 2.75) is 65.8 Å². The molecule has 0 unspecified atom stereocenters. The molecule has 0 aliphatic heterocycles. The van der Waals surface area contributed by atoms with Gasteiger partial charge in [-0.25, -0.2) is 0 Å². The van der Waals surface area contributed by atoms with Crippen LogP contribution < -0.4 is 0 Å². The maximum absolute atomic E-state index is 10.2. The molecule has 3 nitrogen and oxygen atoms in total. The minimum absolute atomic E-state index is 0.161. The van der Waals surface area contributed by atoms with Crippen molar-refractivity contribution < 1.29 is 9.84 Å². The van der Waals surface area contributed by atoms with E-state index in [9.17, 15) is 5.11 Å². The molecule has 0 amide bonds. The van der Waals surface area contributed by atoms with Gasteiger partial charge >= 0.3 is 0 Å². The Bertz CT molecular complexity index is 406. The lowest BCUT2D eigenvalue weighted by Crippen LogP contribution is -2.40. The Kier molecular flexibility index (Phi) is 7.94. The van der Waals surface area contributed by atoms with Gasteiger partial charge in [-0.15, -0.1) is 0 Å². The summed E-state index contributed by atoms with van der Waals surface area (Å²) in [6.45, 7) is 12.4. The van der Waals surface area contributed by atoms with E-state index in [0.717, 1.165) is 13.0 Å². The monoisotopic (exact) mass is 293 g/mol. The Hall–Kier alpha value is -0.900. The van der Waals surface area contributed by atoms with Gasteiger partial charge in [0.05, 0.1) is 18.8 Å². The predicted molar refractivity (Wildman–Crippen MR) is 88.4 cm³/mol. The molecule has 0 saturated heterocycles. The second-order valence-electron chi connectivity index (χ2n) is 6.21. The molecule has 0 aliphatic carbocycles. The van der Waals surface area contributed by atoms with Crippen LogP contribution in [0.5, 0.6) is 0 Å². The molecule has 0 radical (unpaired) electrons. The van der Waals surface area contributed by atoms with Crippen molar-refractivity contribution in [2.75, 3.05) is 13.2 Å². The first-order valence-electron chi connectivity index (χ1n) is 8.01. The highest BCUT2D eigenvalue weighted by Gasteiger charge is 2.17. The second kappa shape index (κ2) is 9.19. The summed E-state index contributed by atoms with van der Waals surface area (Å²) in [5, 5.41) is 10.2. The van der Waals surface area contributed by atoms with Crippen LogP contribution in [0.25, 0.3) is 0 Å². The van der Waals surface area contributed by atoms with E-state index in [1.807, 2.05) is 13.8 Å². The Morgan fingerprint density at radius 3 is 2.52 bits per heavy atom. The van der Waals surface area contributed by atoms with E-state index in [-0.39, 0.29) is 6.10 Å². The van der Waals surface area contributed by atoms with Crippen LogP contribution in [0.2, 0.25) is 0 Å². The maximum Gasteiger partial charge on any atom is 0.0900 e. The highest BCUT2D eigenvalue weighted by molar-refractivity contribution is 5.22. The molecule has 21 heavy (non-hydrogen) atoms. The molecule has 0 fully saturated rings. The smallest absolute Gasteiger partial charge is 0.0900 e. The number of aryl methyl sites for hydroxylation is 1. The lowest BCUT2D eigenvalue weighted by atomic mass is 10.1. The second-order valence-corrected chi connectivity index (χ2v) is 6.21. The summed E-state index contributed by atoms with van der Waals surface area (Å²) < 4.78 is 5.51. The molecule has 2 atom stereocenters. The molecule has 0 aromatic heterocycles. The van der Waals surface area contributed by atoms with Crippen LogP contribution in [0.15, 0.2) is 24.3 Å². The summed E-state index contributed by atoms with van der Waals surface area (Å²) in [7, 11) is 0. The molecule has 3 heteroatoms. The van der Waals surface area contributed by atoms with Crippen molar-refractivity contribution >= 4 is 0 Å². The number of benzene rings is 1. The van der Waals surface area contributed by atoms with Crippen LogP contribution in [0.4, 0.5) is 0 Å². The van der Waals surface area contributed by atoms with Crippen molar-refractivity contribution in [3.05, 3.63) is 35.4 Å². The van der Waals surface area contributed by atoms with E-state index in [2.05, 4.69) is 49.9 Å². The van der Waals surface area contributed by atoms with Crippen molar-refractivity contribution in [3.8, 4) is 0 Å². The van der Waals surface area contributed by atoms with Gasteiger partial charge in [0, 0.05) is 19.1 Å². The van der Waals surface area contributed by atoms with Crippen molar-refractivity contribution in [1.29, 1.82) is 0 Å². The number of hydrogen-bond acceptors (Lipinski definition) is 3. The fourth-order valence-corrected chi connectivity index (χ4v) is 2.33. The summed E-state index contributed by atoms with van der Waals surface area (Å²) in [5.41, 5.74) is 2.58. The van der Waals surface area contributed by atoms with Crippen molar-refractivity contribution in [3.63, 3.8) is 0 Å². The first-order chi connectivity index (χ1) is 9.92.